The second-order valence-corrected chi connectivity index (χ2v) is 3.41. The maximum absolute atomic E-state index is 10.4. The first-order chi connectivity index (χ1) is 8.51. The van der Waals surface area contributed by atoms with Gasteiger partial charge in [0, 0.05) is 0 Å². The van der Waals surface area contributed by atoms with Crippen LogP contribution < -0.4 is 11.5 Å². The average molecular weight is 254 g/mol. The van der Waals surface area contributed by atoms with E-state index in [9.17, 15) is 9.59 Å². The maximum atomic E-state index is 10.4. The molecular weight excluding hydrogens is 236 g/mol. The fourth-order valence-corrected chi connectivity index (χ4v) is 1.04. The molecule has 0 unspecified atom stereocenters. The summed E-state index contributed by atoms with van der Waals surface area (Å²) in [6.45, 7) is -0.0312. The van der Waals surface area contributed by atoms with Crippen molar-refractivity contribution in [2.24, 2.45) is 11.5 Å². The van der Waals surface area contributed by atoms with E-state index in [1.165, 1.54) is 7.11 Å². The van der Waals surface area contributed by atoms with E-state index >= 15 is 0 Å². The number of hydrogen-bond donors (Lipinski definition) is 3. The molecule has 0 aliphatic heterocycles. The minimum absolute atomic E-state index is 0.0312. The highest BCUT2D eigenvalue weighted by atomic mass is 16.5. The Kier molecular flexibility index (Phi) is 8.17. The number of hydrogen-bond acceptors (Lipinski definition) is 5. The van der Waals surface area contributed by atoms with E-state index in [-0.39, 0.29) is 12.5 Å². The lowest BCUT2D eigenvalue weighted by atomic mass is 10.1. The van der Waals surface area contributed by atoms with Crippen LogP contribution in [0.3, 0.4) is 0 Å². The highest BCUT2D eigenvalue weighted by molar-refractivity contribution is 5.73. The van der Waals surface area contributed by atoms with Crippen LogP contribution in [0.25, 0.3) is 0 Å². The van der Waals surface area contributed by atoms with Gasteiger partial charge in [-0.25, -0.2) is 0 Å². The molecule has 0 bridgehead atoms. The average Bonchev–Trinajstić information content (AvgIpc) is 2.39. The van der Waals surface area contributed by atoms with Gasteiger partial charge in [0.05, 0.1) is 13.7 Å². The number of carboxylic acid groups (broad SMARTS) is 1. The van der Waals surface area contributed by atoms with E-state index < -0.39 is 12.0 Å². The van der Waals surface area contributed by atoms with Gasteiger partial charge in [-0.1, -0.05) is 30.3 Å². The molecule has 18 heavy (non-hydrogen) atoms. The largest absolute Gasteiger partial charge is 0.480 e. The van der Waals surface area contributed by atoms with E-state index in [0.29, 0.717) is 6.42 Å². The number of nitrogens with two attached hydrogens (primary N) is 2. The zero-order valence-corrected chi connectivity index (χ0v) is 10.2. The second kappa shape index (κ2) is 9.15. The molecule has 1 aromatic rings. The van der Waals surface area contributed by atoms with Crippen LogP contribution in [0.4, 0.5) is 0 Å². The number of ether oxygens (including phenoxy) is 1. The molecule has 0 spiro atoms. The van der Waals surface area contributed by atoms with Crippen molar-refractivity contribution >= 4 is 11.9 Å². The smallest absolute Gasteiger partial charge is 0.320 e. The Morgan fingerprint density at radius 2 is 1.89 bits per heavy atom. The van der Waals surface area contributed by atoms with Crippen molar-refractivity contribution in [3.05, 3.63) is 35.9 Å². The van der Waals surface area contributed by atoms with Crippen LogP contribution in [0.2, 0.25) is 0 Å². The van der Waals surface area contributed by atoms with Gasteiger partial charge < -0.3 is 21.3 Å². The third kappa shape index (κ3) is 7.37. The molecule has 0 saturated carbocycles. The Morgan fingerprint density at radius 3 is 2.22 bits per heavy atom. The van der Waals surface area contributed by atoms with E-state index in [2.05, 4.69) is 4.74 Å². The van der Waals surface area contributed by atoms with Crippen molar-refractivity contribution in [1.29, 1.82) is 0 Å². The van der Waals surface area contributed by atoms with Crippen molar-refractivity contribution in [1.82, 2.24) is 0 Å². The lowest BCUT2D eigenvalue weighted by molar-refractivity contribution is -0.139. The predicted molar refractivity (Wildman–Crippen MR) is 66.8 cm³/mol. The molecule has 0 radical (unpaired) electrons. The van der Waals surface area contributed by atoms with Gasteiger partial charge in [0.15, 0.2) is 0 Å². The van der Waals surface area contributed by atoms with Crippen LogP contribution in [0, 0.1) is 0 Å². The molecule has 100 valence electrons. The molecule has 6 heteroatoms. The summed E-state index contributed by atoms with van der Waals surface area (Å²) < 4.78 is 4.14. The van der Waals surface area contributed by atoms with Gasteiger partial charge in [0.2, 0.25) is 0 Å². The quantitative estimate of drug-likeness (QED) is 0.638. The molecule has 0 fully saturated rings. The minimum atomic E-state index is -0.959. The lowest BCUT2D eigenvalue weighted by Crippen LogP contribution is -2.32. The SMILES string of the molecule is COC(=O)CN.N[C@@H](Cc1ccccc1)C(=O)O. The van der Waals surface area contributed by atoms with Crippen LogP contribution >= 0.6 is 0 Å². The maximum Gasteiger partial charge on any atom is 0.320 e. The van der Waals surface area contributed by atoms with Crippen LogP contribution in [-0.2, 0) is 20.7 Å². The summed E-state index contributed by atoms with van der Waals surface area (Å²) in [7, 11) is 1.30. The van der Waals surface area contributed by atoms with Crippen molar-refractivity contribution < 1.29 is 19.4 Å². The third-order valence-corrected chi connectivity index (χ3v) is 2.01. The summed E-state index contributed by atoms with van der Waals surface area (Å²) in [6.07, 6.45) is 0.385. The number of methoxy groups -OCH3 is 1. The number of benzene rings is 1. The fourth-order valence-electron chi connectivity index (χ4n) is 1.04. The monoisotopic (exact) mass is 254 g/mol. The number of carboxylic acids is 1. The summed E-state index contributed by atoms with van der Waals surface area (Å²) in [4.78, 5) is 20.2. The minimum Gasteiger partial charge on any atom is -0.480 e. The first kappa shape index (κ1) is 16.1. The summed E-state index contributed by atoms with van der Waals surface area (Å²) in [6, 6.07) is 8.54. The molecule has 1 rings (SSSR count). The zero-order chi connectivity index (χ0) is 14.0. The van der Waals surface area contributed by atoms with Crippen LogP contribution in [-0.4, -0.2) is 36.7 Å². The topological polar surface area (TPSA) is 116 Å². The number of esters is 1. The Morgan fingerprint density at radius 1 is 1.33 bits per heavy atom. The molecule has 0 saturated heterocycles. The molecule has 0 aromatic heterocycles. The Labute approximate surface area is 106 Å². The van der Waals surface area contributed by atoms with Gasteiger partial charge >= 0.3 is 11.9 Å². The normalized spacial score (nSPS) is 10.8. The Hall–Kier alpha value is -1.92. The van der Waals surface area contributed by atoms with Gasteiger partial charge in [-0.2, -0.15) is 0 Å². The molecule has 1 atom stereocenters. The summed E-state index contributed by atoms with van der Waals surface area (Å²) in [5, 5.41) is 8.52. The summed E-state index contributed by atoms with van der Waals surface area (Å²) >= 11 is 0. The zero-order valence-electron chi connectivity index (χ0n) is 10.2. The van der Waals surface area contributed by atoms with Crippen LogP contribution in [0.5, 0.6) is 0 Å². The highest BCUT2D eigenvalue weighted by Crippen LogP contribution is 2.01. The highest BCUT2D eigenvalue weighted by Gasteiger charge is 2.10. The molecular formula is C12H18N2O4. The van der Waals surface area contributed by atoms with Crippen molar-refractivity contribution in [3.8, 4) is 0 Å². The second-order valence-electron chi connectivity index (χ2n) is 3.41. The van der Waals surface area contributed by atoms with E-state index in [1.807, 2.05) is 30.3 Å². The summed E-state index contributed by atoms with van der Waals surface area (Å²) in [5.41, 5.74) is 11.1. The van der Waals surface area contributed by atoms with Gasteiger partial charge in [-0.05, 0) is 12.0 Å². The van der Waals surface area contributed by atoms with Gasteiger partial charge in [0.1, 0.15) is 6.04 Å². The molecule has 5 N–H and O–H groups in total. The summed E-state index contributed by atoms with van der Waals surface area (Å²) in [5.74, 6) is -1.34. The molecule has 0 amide bonds. The Balaban J connectivity index is 0.000000411. The number of carbonyl (C=O) groups is 2. The number of aliphatic carboxylic acids is 1. The van der Waals surface area contributed by atoms with E-state index in [4.69, 9.17) is 16.6 Å². The number of rotatable bonds is 4. The molecule has 6 nitrogen and oxygen atoms in total. The van der Waals surface area contributed by atoms with Gasteiger partial charge in [-0.3, -0.25) is 9.59 Å². The van der Waals surface area contributed by atoms with Crippen LogP contribution in [0.15, 0.2) is 30.3 Å². The fraction of sp³-hybridized carbons (Fsp3) is 0.333. The van der Waals surface area contributed by atoms with Gasteiger partial charge in [-0.15, -0.1) is 0 Å². The standard InChI is InChI=1S/C9H11NO2.C3H7NO2/c10-8(9(11)12)6-7-4-2-1-3-5-7;1-6-3(5)2-4/h1-5,8H,6,10H2,(H,11,12);2,4H2,1H3/t8-;/m0./s1. The van der Waals surface area contributed by atoms with Crippen LogP contribution in [0.1, 0.15) is 5.56 Å². The molecule has 0 aliphatic carbocycles. The molecule has 1 aromatic carbocycles. The van der Waals surface area contributed by atoms with E-state index in [1.54, 1.807) is 0 Å². The first-order valence-electron chi connectivity index (χ1n) is 5.30. The predicted octanol–water partition coefficient (Wildman–Crippen LogP) is -0.241. The molecule has 0 heterocycles. The third-order valence-electron chi connectivity index (χ3n) is 2.01. The van der Waals surface area contributed by atoms with Crippen molar-refractivity contribution in [2.45, 2.75) is 12.5 Å². The lowest BCUT2D eigenvalue weighted by Gasteiger charge is -2.04. The van der Waals surface area contributed by atoms with Crippen molar-refractivity contribution in [3.63, 3.8) is 0 Å². The van der Waals surface area contributed by atoms with E-state index in [0.717, 1.165) is 5.56 Å². The van der Waals surface area contributed by atoms with Gasteiger partial charge in [0.25, 0.3) is 0 Å². The Bertz CT molecular complexity index is 362. The first-order valence-corrected chi connectivity index (χ1v) is 5.30. The van der Waals surface area contributed by atoms with Crippen molar-refractivity contribution in [2.75, 3.05) is 13.7 Å². The number of carbonyl (C=O) groups excluding carboxylic acids is 1. The molecule has 0 aliphatic rings.